The van der Waals surface area contributed by atoms with Crippen molar-refractivity contribution in [2.45, 2.75) is 51.9 Å². The maximum atomic E-state index is 13.4. The second-order valence-electron chi connectivity index (χ2n) is 9.27. The first-order valence-corrected chi connectivity index (χ1v) is 10.4. The van der Waals surface area contributed by atoms with Crippen LogP contribution in [-0.4, -0.2) is 20.7 Å². The number of nitrogens with zero attached hydrogens (tertiary/aromatic N) is 2. The molecule has 3 aliphatic carbocycles. The summed E-state index contributed by atoms with van der Waals surface area (Å²) in [6, 6.07) is 5.89. The molecule has 2 fully saturated rings. The number of carbonyl (C=O) groups excluding carboxylic acids is 1. The van der Waals surface area contributed by atoms with E-state index in [-0.39, 0.29) is 5.41 Å². The van der Waals surface area contributed by atoms with Gasteiger partial charge in [0, 0.05) is 23.7 Å². The predicted molar refractivity (Wildman–Crippen MR) is 109 cm³/mol. The van der Waals surface area contributed by atoms with Crippen LogP contribution in [0.2, 0.25) is 0 Å². The molecule has 4 heteroatoms. The number of aryl methyl sites for hydroxylation is 2. The van der Waals surface area contributed by atoms with Gasteiger partial charge in [0.25, 0.3) is 0 Å². The van der Waals surface area contributed by atoms with Gasteiger partial charge in [0.1, 0.15) is 5.75 Å². The third-order valence-electron chi connectivity index (χ3n) is 7.95. The number of benzene rings is 1. The van der Waals surface area contributed by atoms with Crippen LogP contribution >= 0.6 is 0 Å². The molecule has 0 spiro atoms. The minimum absolute atomic E-state index is 0.225. The van der Waals surface area contributed by atoms with E-state index in [9.17, 15) is 9.90 Å². The molecule has 0 saturated heterocycles. The average Bonchev–Trinajstić information content (AvgIpc) is 3.13. The number of rotatable bonds is 1. The summed E-state index contributed by atoms with van der Waals surface area (Å²) in [5, 5.41) is 14.2. The van der Waals surface area contributed by atoms with Crippen LogP contribution in [-0.2, 0) is 18.3 Å². The highest BCUT2D eigenvalue weighted by Gasteiger charge is 2.56. The Morgan fingerprint density at radius 3 is 2.89 bits per heavy atom. The van der Waals surface area contributed by atoms with Gasteiger partial charge in [-0.05, 0) is 91.7 Å². The van der Waals surface area contributed by atoms with Crippen molar-refractivity contribution in [3.8, 4) is 5.75 Å². The van der Waals surface area contributed by atoms with Crippen LogP contribution in [0.5, 0.6) is 5.75 Å². The molecule has 1 aromatic heterocycles. The number of Topliss-reactive ketones (excluding diaryl/α,β-unsaturated/α-hetero) is 1. The fourth-order valence-electron chi connectivity index (χ4n) is 6.21. The van der Waals surface area contributed by atoms with E-state index in [1.54, 1.807) is 0 Å². The molecule has 5 rings (SSSR count). The van der Waals surface area contributed by atoms with Gasteiger partial charge < -0.3 is 5.11 Å². The standard InChI is InChI=1S/C24H28N2O2/c1-14-17(13-25-26(14)3)10-16-12-22-21-6-4-15-11-18(27)5-7-19(15)20(21)8-9-24(22,2)23(16)28/h5,7,10-11,13,20-22,27H,4,6,8-9,12H2,1-3H3/b16-10-/t20-,21-,22+,24-/m0/s1. The molecule has 0 unspecified atom stereocenters. The lowest BCUT2D eigenvalue weighted by atomic mass is 9.55. The van der Waals surface area contributed by atoms with E-state index in [1.807, 2.05) is 30.1 Å². The van der Waals surface area contributed by atoms with Crippen molar-refractivity contribution >= 4 is 11.9 Å². The number of fused-ring (bicyclic) bond motifs is 5. The van der Waals surface area contributed by atoms with Crippen LogP contribution in [0.1, 0.15) is 60.9 Å². The maximum Gasteiger partial charge on any atom is 0.165 e. The van der Waals surface area contributed by atoms with Crippen LogP contribution in [0.15, 0.2) is 30.0 Å². The molecule has 0 bridgehead atoms. The van der Waals surface area contributed by atoms with Crippen LogP contribution in [0, 0.1) is 24.2 Å². The van der Waals surface area contributed by atoms with Crippen molar-refractivity contribution in [2.24, 2.45) is 24.3 Å². The first kappa shape index (κ1) is 17.7. The zero-order valence-electron chi connectivity index (χ0n) is 16.9. The molecule has 0 radical (unpaired) electrons. The molecule has 28 heavy (non-hydrogen) atoms. The van der Waals surface area contributed by atoms with E-state index in [2.05, 4.69) is 31.1 Å². The summed E-state index contributed by atoms with van der Waals surface area (Å²) in [4.78, 5) is 13.4. The van der Waals surface area contributed by atoms with Crippen molar-refractivity contribution in [3.63, 3.8) is 0 Å². The quantitative estimate of drug-likeness (QED) is 0.743. The summed E-state index contributed by atoms with van der Waals surface area (Å²) in [5.41, 5.74) is 5.64. The minimum atomic E-state index is -0.225. The molecule has 1 heterocycles. The van der Waals surface area contributed by atoms with Gasteiger partial charge in [0.2, 0.25) is 0 Å². The SMILES string of the molecule is Cc1c(/C=C2/C[C@@H]3[C@H]4CCc5cc(O)ccc5[C@@H]4CC[C@]3(C)C2=O)cnn1C. The Bertz CT molecular complexity index is 1000. The highest BCUT2D eigenvalue weighted by atomic mass is 16.3. The van der Waals surface area contributed by atoms with Crippen molar-refractivity contribution in [2.75, 3.05) is 0 Å². The zero-order valence-corrected chi connectivity index (χ0v) is 16.9. The molecule has 2 aromatic rings. The maximum absolute atomic E-state index is 13.4. The Labute approximate surface area is 166 Å². The Morgan fingerprint density at radius 1 is 1.32 bits per heavy atom. The van der Waals surface area contributed by atoms with Gasteiger partial charge in [-0.15, -0.1) is 0 Å². The molecule has 1 aromatic carbocycles. The molecule has 1 N–H and O–H groups in total. The van der Waals surface area contributed by atoms with Crippen molar-refractivity contribution in [1.29, 1.82) is 0 Å². The lowest BCUT2D eigenvalue weighted by Crippen LogP contribution is -2.42. The number of aromatic hydroxyl groups is 1. The van der Waals surface area contributed by atoms with Crippen molar-refractivity contribution in [3.05, 3.63) is 52.4 Å². The normalized spacial score (nSPS) is 32.9. The smallest absolute Gasteiger partial charge is 0.165 e. The fourth-order valence-corrected chi connectivity index (χ4v) is 6.21. The number of allylic oxidation sites excluding steroid dienone is 1. The van der Waals surface area contributed by atoms with Gasteiger partial charge in [-0.25, -0.2) is 0 Å². The van der Waals surface area contributed by atoms with Gasteiger partial charge in [-0.1, -0.05) is 13.0 Å². The Hall–Kier alpha value is -2.36. The number of ketones is 1. The molecular weight excluding hydrogens is 348 g/mol. The van der Waals surface area contributed by atoms with Crippen LogP contribution < -0.4 is 0 Å². The molecule has 2 saturated carbocycles. The second kappa shape index (κ2) is 6.07. The van der Waals surface area contributed by atoms with Gasteiger partial charge >= 0.3 is 0 Å². The van der Waals surface area contributed by atoms with Gasteiger partial charge in [-0.2, -0.15) is 5.10 Å². The zero-order chi connectivity index (χ0) is 19.6. The van der Waals surface area contributed by atoms with E-state index in [1.165, 1.54) is 11.1 Å². The first-order valence-electron chi connectivity index (χ1n) is 10.4. The van der Waals surface area contributed by atoms with Crippen LogP contribution in [0.25, 0.3) is 6.08 Å². The fraction of sp³-hybridized carbons (Fsp3) is 0.500. The summed E-state index contributed by atoms with van der Waals surface area (Å²) >= 11 is 0. The number of hydrogen-bond acceptors (Lipinski definition) is 3. The molecule has 0 aliphatic heterocycles. The summed E-state index contributed by atoms with van der Waals surface area (Å²) in [7, 11) is 1.94. The number of aromatic nitrogens is 2. The minimum Gasteiger partial charge on any atom is -0.508 e. The topological polar surface area (TPSA) is 55.1 Å². The summed E-state index contributed by atoms with van der Waals surface area (Å²) < 4.78 is 1.87. The van der Waals surface area contributed by atoms with Crippen LogP contribution in [0.3, 0.4) is 0 Å². The molecular formula is C24H28N2O2. The molecule has 4 nitrogen and oxygen atoms in total. The first-order chi connectivity index (χ1) is 13.4. The highest BCUT2D eigenvalue weighted by Crippen LogP contribution is 2.60. The largest absolute Gasteiger partial charge is 0.508 e. The summed E-state index contributed by atoms with van der Waals surface area (Å²) in [5.74, 6) is 2.22. The lowest BCUT2D eigenvalue weighted by Gasteiger charge is -2.48. The number of phenolic OH excluding ortho intramolecular Hbond substituents is 1. The summed E-state index contributed by atoms with van der Waals surface area (Å²) in [6.45, 7) is 4.26. The second-order valence-corrected chi connectivity index (χ2v) is 9.27. The van der Waals surface area contributed by atoms with Crippen molar-refractivity contribution < 1.29 is 9.90 Å². The number of carbonyl (C=O) groups is 1. The predicted octanol–water partition coefficient (Wildman–Crippen LogP) is 4.55. The van der Waals surface area contributed by atoms with E-state index in [0.29, 0.717) is 29.3 Å². The van der Waals surface area contributed by atoms with Gasteiger partial charge in [-0.3, -0.25) is 9.48 Å². The van der Waals surface area contributed by atoms with E-state index < -0.39 is 0 Å². The molecule has 0 amide bonds. The third-order valence-corrected chi connectivity index (χ3v) is 7.95. The highest BCUT2D eigenvalue weighted by molar-refractivity contribution is 6.06. The van der Waals surface area contributed by atoms with E-state index in [4.69, 9.17) is 0 Å². The Morgan fingerprint density at radius 2 is 2.14 bits per heavy atom. The monoisotopic (exact) mass is 376 g/mol. The number of phenols is 1. The summed E-state index contributed by atoms with van der Waals surface area (Å²) in [6.07, 6.45) is 9.00. The lowest BCUT2D eigenvalue weighted by molar-refractivity contribution is -0.127. The van der Waals surface area contributed by atoms with Crippen LogP contribution in [0.4, 0.5) is 0 Å². The molecule has 3 aliphatic rings. The Balaban J connectivity index is 1.50. The van der Waals surface area contributed by atoms with Gasteiger partial charge in [0.05, 0.1) is 6.20 Å². The molecule has 4 atom stereocenters. The van der Waals surface area contributed by atoms with E-state index in [0.717, 1.165) is 48.9 Å². The molecule has 146 valence electrons. The average molecular weight is 377 g/mol. The Kier molecular flexibility index (Phi) is 3.84. The third kappa shape index (κ3) is 2.43. The van der Waals surface area contributed by atoms with E-state index >= 15 is 0 Å². The van der Waals surface area contributed by atoms with Crippen molar-refractivity contribution in [1.82, 2.24) is 9.78 Å². The van der Waals surface area contributed by atoms with Gasteiger partial charge in [0.15, 0.2) is 5.78 Å². The number of hydrogen-bond donors (Lipinski definition) is 1.